The number of pyridine rings is 1. The van der Waals surface area contributed by atoms with Gasteiger partial charge in [0, 0.05) is 3.57 Å². The van der Waals surface area contributed by atoms with Crippen molar-refractivity contribution < 1.29 is 39.9 Å². The molecule has 0 N–H and O–H groups in total. The molecule has 2 nitrogen and oxygen atoms in total. The third kappa shape index (κ3) is 4.31. The number of hydrogen-bond acceptors (Lipinski definition) is 2. The lowest BCUT2D eigenvalue weighted by atomic mass is 10.2. The molecule has 0 aliphatic heterocycles. The van der Waals surface area contributed by atoms with E-state index in [9.17, 15) is 35.1 Å². The van der Waals surface area contributed by atoms with Crippen molar-refractivity contribution in [1.29, 1.82) is 0 Å². The Labute approximate surface area is 113 Å². The zero-order valence-electron chi connectivity index (χ0n) is 8.41. The van der Waals surface area contributed by atoms with Crippen LogP contribution in [0.5, 0.6) is 5.88 Å². The number of nitrogens with zero attached hydrogens (tertiary/aromatic N) is 1. The molecule has 0 atom stereocenters. The normalized spacial score (nSPS) is 12.9. The quantitative estimate of drug-likeness (QED) is 0.531. The molecule has 19 heavy (non-hydrogen) atoms. The Morgan fingerprint density at radius 1 is 1.11 bits per heavy atom. The summed E-state index contributed by atoms with van der Waals surface area (Å²) in [5.74, 6) is -1.80. The van der Waals surface area contributed by atoms with Gasteiger partial charge in [-0.15, -0.1) is 13.2 Å². The fraction of sp³-hybridized carbons (Fsp3) is 0.375. The SMILES string of the molecule is FC(F)c1c(I)cc(C(F)(F)F)nc1OC(F)(F)F. The van der Waals surface area contributed by atoms with Gasteiger partial charge in [0.25, 0.3) is 6.43 Å². The van der Waals surface area contributed by atoms with E-state index < -0.39 is 39.7 Å². The van der Waals surface area contributed by atoms with E-state index in [-0.39, 0.29) is 6.07 Å². The van der Waals surface area contributed by atoms with E-state index in [0.717, 1.165) is 22.6 Å². The van der Waals surface area contributed by atoms with E-state index >= 15 is 0 Å². The van der Waals surface area contributed by atoms with E-state index in [1.807, 2.05) is 0 Å². The summed E-state index contributed by atoms with van der Waals surface area (Å²) in [5, 5.41) is 0. The molecule has 0 saturated carbocycles. The van der Waals surface area contributed by atoms with Gasteiger partial charge in [0.05, 0.1) is 5.56 Å². The molecule has 1 rings (SSSR count). The van der Waals surface area contributed by atoms with Gasteiger partial charge in [0.15, 0.2) is 0 Å². The third-order valence-corrected chi connectivity index (χ3v) is 2.59. The van der Waals surface area contributed by atoms with Crippen LogP contribution in [0.3, 0.4) is 0 Å². The first-order chi connectivity index (χ1) is 8.42. The predicted octanol–water partition coefficient (Wildman–Crippen LogP) is 4.54. The summed E-state index contributed by atoms with van der Waals surface area (Å²) in [4.78, 5) is 2.46. The van der Waals surface area contributed by atoms with Crippen LogP contribution in [0, 0.1) is 3.57 Å². The van der Waals surface area contributed by atoms with Crippen LogP contribution in [0.25, 0.3) is 0 Å². The van der Waals surface area contributed by atoms with Crippen LogP contribution in [0.4, 0.5) is 35.1 Å². The van der Waals surface area contributed by atoms with Crippen molar-refractivity contribution in [3.05, 3.63) is 20.9 Å². The number of halogens is 9. The third-order valence-electron chi connectivity index (χ3n) is 1.69. The van der Waals surface area contributed by atoms with Gasteiger partial charge in [0.2, 0.25) is 5.88 Å². The Kier molecular flexibility index (Phi) is 4.47. The summed E-state index contributed by atoms with van der Waals surface area (Å²) < 4.78 is 100. The smallest absolute Gasteiger partial charge is 0.387 e. The Balaban J connectivity index is 3.42. The Morgan fingerprint density at radius 3 is 2.00 bits per heavy atom. The summed E-state index contributed by atoms with van der Waals surface area (Å²) >= 11 is 1.05. The maximum absolute atomic E-state index is 12.5. The zero-order valence-corrected chi connectivity index (χ0v) is 10.6. The highest BCUT2D eigenvalue weighted by Crippen LogP contribution is 2.38. The highest BCUT2D eigenvalue weighted by atomic mass is 127. The maximum atomic E-state index is 12.5. The Bertz CT molecular complexity index is 469. The molecular formula is C8H2F8INO. The molecule has 0 aliphatic rings. The van der Waals surface area contributed by atoms with Crippen molar-refractivity contribution in [1.82, 2.24) is 4.98 Å². The van der Waals surface area contributed by atoms with Gasteiger partial charge in [-0.3, -0.25) is 0 Å². The van der Waals surface area contributed by atoms with Crippen LogP contribution < -0.4 is 4.74 Å². The lowest BCUT2D eigenvalue weighted by molar-refractivity contribution is -0.277. The topological polar surface area (TPSA) is 22.1 Å². The van der Waals surface area contributed by atoms with Gasteiger partial charge in [-0.25, -0.2) is 13.8 Å². The van der Waals surface area contributed by atoms with Crippen molar-refractivity contribution in [3.63, 3.8) is 0 Å². The van der Waals surface area contributed by atoms with E-state index in [1.54, 1.807) is 0 Å². The molecule has 1 heterocycles. The van der Waals surface area contributed by atoms with Crippen molar-refractivity contribution in [2.45, 2.75) is 19.0 Å². The summed E-state index contributed by atoms with van der Waals surface area (Å²) in [6, 6.07) is 0.214. The molecule has 11 heteroatoms. The Morgan fingerprint density at radius 2 is 1.63 bits per heavy atom. The molecule has 0 aromatic carbocycles. The fourth-order valence-electron chi connectivity index (χ4n) is 1.03. The summed E-state index contributed by atoms with van der Waals surface area (Å²) in [7, 11) is 0. The largest absolute Gasteiger partial charge is 0.574 e. The van der Waals surface area contributed by atoms with Gasteiger partial charge < -0.3 is 4.74 Å². The molecule has 0 spiro atoms. The minimum absolute atomic E-state index is 0.214. The molecule has 108 valence electrons. The summed E-state index contributed by atoms with van der Waals surface area (Å²) in [5.41, 5.74) is -3.09. The first-order valence-corrected chi connectivity index (χ1v) is 5.31. The van der Waals surface area contributed by atoms with Crippen LogP contribution in [-0.2, 0) is 6.18 Å². The number of rotatable bonds is 2. The molecule has 0 fully saturated rings. The second-order valence-electron chi connectivity index (χ2n) is 3.05. The average Bonchev–Trinajstić information content (AvgIpc) is 2.11. The van der Waals surface area contributed by atoms with Crippen LogP contribution in [-0.4, -0.2) is 11.3 Å². The van der Waals surface area contributed by atoms with E-state index in [0.29, 0.717) is 0 Å². The van der Waals surface area contributed by atoms with E-state index in [2.05, 4.69) is 9.72 Å². The van der Waals surface area contributed by atoms with Crippen LogP contribution >= 0.6 is 22.6 Å². The number of hydrogen-bond donors (Lipinski definition) is 0. The van der Waals surface area contributed by atoms with Gasteiger partial charge in [-0.05, 0) is 28.7 Å². The van der Waals surface area contributed by atoms with Crippen molar-refractivity contribution in [3.8, 4) is 5.88 Å². The molecule has 0 bridgehead atoms. The van der Waals surface area contributed by atoms with E-state index in [1.165, 1.54) is 0 Å². The molecule has 1 aromatic heterocycles. The van der Waals surface area contributed by atoms with Gasteiger partial charge >= 0.3 is 12.5 Å². The Hall–Kier alpha value is -0.880. The highest BCUT2D eigenvalue weighted by Gasteiger charge is 2.39. The molecule has 0 saturated heterocycles. The fourth-order valence-corrected chi connectivity index (χ4v) is 1.79. The lowest BCUT2D eigenvalue weighted by Gasteiger charge is -2.15. The average molecular weight is 407 g/mol. The zero-order chi connectivity index (χ0) is 15.0. The van der Waals surface area contributed by atoms with Crippen molar-refractivity contribution in [2.75, 3.05) is 0 Å². The molecular weight excluding hydrogens is 405 g/mol. The second-order valence-corrected chi connectivity index (χ2v) is 4.22. The van der Waals surface area contributed by atoms with Gasteiger partial charge in [-0.1, -0.05) is 0 Å². The number of alkyl halides is 8. The van der Waals surface area contributed by atoms with Crippen LogP contribution in [0.15, 0.2) is 6.07 Å². The lowest BCUT2D eigenvalue weighted by Crippen LogP contribution is -2.21. The minimum Gasteiger partial charge on any atom is -0.387 e. The summed E-state index contributed by atoms with van der Waals surface area (Å²) in [6.45, 7) is 0. The molecule has 0 unspecified atom stereocenters. The first-order valence-electron chi connectivity index (χ1n) is 4.23. The highest BCUT2D eigenvalue weighted by molar-refractivity contribution is 14.1. The van der Waals surface area contributed by atoms with Crippen LogP contribution in [0.2, 0.25) is 0 Å². The van der Waals surface area contributed by atoms with Crippen molar-refractivity contribution >= 4 is 22.6 Å². The van der Waals surface area contributed by atoms with Gasteiger partial charge in [-0.2, -0.15) is 13.2 Å². The number of aromatic nitrogens is 1. The van der Waals surface area contributed by atoms with Crippen molar-refractivity contribution in [2.24, 2.45) is 0 Å². The monoisotopic (exact) mass is 407 g/mol. The van der Waals surface area contributed by atoms with Gasteiger partial charge in [0.1, 0.15) is 5.69 Å². The maximum Gasteiger partial charge on any atom is 0.574 e. The standard InChI is InChI=1S/C8H2F8INO/c9-5(10)4-2(17)1-3(7(11,12)13)18-6(4)19-8(14,15)16/h1,5H. The summed E-state index contributed by atoms with van der Waals surface area (Å²) in [6.07, 6.45) is -14.0. The predicted molar refractivity (Wildman–Crippen MR) is 53.6 cm³/mol. The molecule has 0 radical (unpaired) electrons. The molecule has 0 amide bonds. The number of ether oxygens (including phenoxy) is 1. The molecule has 0 aliphatic carbocycles. The molecule has 1 aromatic rings. The van der Waals surface area contributed by atoms with Crippen LogP contribution in [0.1, 0.15) is 17.7 Å². The first kappa shape index (κ1) is 16.2. The van der Waals surface area contributed by atoms with E-state index in [4.69, 9.17) is 0 Å². The second kappa shape index (κ2) is 5.25. The minimum atomic E-state index is -5.43.